The molecule has 148 valence electrons. The summed E-state index contributed by atoms with van der Waals surface area (Å²) in [6, 6.07) is 2.36. The zero-order chi connectivity index (χ0) is 27.4. The Morgan fingerprint density at radius 3 is 2.81 bits per heavy atom. The number of benzene rings is 1. The third-order valence-electron chi connectivity index (χ3n) is 4.49. The van der Waals surface area contributed by atoms with E-state index in [-0.39, 0.29) is 11.1 Å². The molecule has 0 radical (unpaired) electrons. The maximum absolute atomic E-state index is 13.2. The summed E-state index contributed by atoms with van der Waals surface area (Å²) in [7, 11) is 1.22. The Morgan fingerprint density at radius 1 is 1.48 bits per heavy atom. The molecule has 0 saturated carbocycles. The summed E-state index contributed by atoms with van der Waals surface area (Å²) in [6.45, 7) is 0.107. The summed E-state index contributed by atoms with van der Waals surface area (Å²) in [4.78, 5) is 39.6. The van der Waals surface area contributed by atoms with Gasteiger partial charge in [-0.05, 0) is 30.3 Å². The molecule has 0 aromatic heterocycles. The number of hydrogen-bond acceptors (Lipinski definition) is 4. The second-order valence-corrected chi connectivity index (χ2v) is 6.61. The quantitative estimate of drug-likeness (QED) is 0.786. The maximum Gasteiger partial charge on any atom is 0.249 e. The van der Waals surface area contributed by atoms with Crippen LogP contribution in [0.4, 0.5) is 0 Å². The first kappa shape index (κ1) is 12.3. The minimum Gasteiger partial charge on any atom is -0.385 e. The van der Waals surface area contributed by atoms with Crippen molar-refractivity contribution >= 4 is 17.6 Å². The number of nitrogens with one attached hydrogen (secondary N) is 1. The molecular weight excluding hydrogens is 344 g/mol. The first-order valence-electron chi connectivity index (χ1n) is 12.5. The zero-order valence-corrected chi connectivity index (χ0v) is 15.8. The number of ketones is 1. The van der Waals surface area contributed by atoms with Crippen LogP contribution >= 0.6 is 0 Å². The van der Waals surface area contributed by atoms with Crippen molar-refractivity contribution in [1.82, 2.24) is 10.2 Å². The molecule has 0 saturated heterocycles. The molecule has 6 nitrogen and oxygen atoms in total. The predicted molar refractivity (Wildman–Crippen MR) is 103 cm³/mol. The Labute approximate surface area is 172 Å². The number of carbonyl (C=O) groups excluding carboxylic acids is 3. The van der Waals surface area contributed by atoms with E-state index < -0.39 is 67.2 Å². The van der Waals surface area contributed by atoms with Gasteiger partial charge >= 0.3 is 0 Å². The second kappa shape index (κ2) is 8.65. The molecule has 0 spiro atoms. The van der Waals surface area contributed by atoms with E-state index in [2.05, 4.69) is 5.32 Å². The van der Waals surface area contributed by atoms with Crippen molar-refractivity contribution in [3.63, 3.8) is 0 Å². The number of likely N-dealkylation sites (N-methyl/N-ethyl adjacent to an activating group) is 1. The van der Waals surface area contributed by atoms with E-state index in [1.807, 2.05) is 0 Å². The van der Waals surface area contributed by atoms with E-state index in [4.69, 9.17) is 11.0 Å². The SMILES string of the molecule is [2H]C([2H])([2H])C([2H])(C)[C@H](O)C(=O)C[C@@]([2H])(C)C(=O)N[C@@H]1C(=O)N(C)C([2H])(C)C([2H])([2H])c2ccccc21. The molecule has 1 aromatic rings. The van der Waals surface area contributed by atoms with E-state index in [1.54, 1.807) is 0 Å². The fraction of sp³-hybridized carbons (Fsp3) is 0.571. The number of amides is 2. The van der Waals surface area contributed by atoms with Crippen molar-refractivity contribution in [3.05, 3.63) is 35.4 Å². The first-order chi connectivity index (χ1) is 15.6. The fourth-order valence-corrected chi connectivity index (χ4v) is 2.71. The average molecular weight is 383 g/mol. The minimum absolute atomic E-state index is 0.00123. The van der Waals surface area contributed by atoms with E-state index in [1.165, 1.54) is 38.2 Å². The lowest BCUT2D eigenvalue weighted by Crippen LogP contribution is -2.44. The number of carbonyl (C=O) groups is 3. The molecule has 2 unspecified atom stereocenters. The minimum atomic E-state index is -3.01. The molecular formula is C21H30N2O4. The van der Waals surface area contributed by atoms with Crippen LogP contribution in [0, 0.1) is 11.8 Å². The third-order valence-corrected chi connectivity index (χ3v) is 4.49. The number of aliphatic hydroxyl groups is 1. The Hall–Kier alpha value is -2.21. The van der Waals surface area contributed by atoms with Gasteiger partial charge in [-0.3, -0.25) is 14.4 Å². The summed E-state index contributed by atoms with van der Waals surface area (Å²) in [6.07, 6.45) is -5.57. The molecule has 1 aliphatic heterocycles. The number of rotatable bonds is 6. The molecule has 27 heavy (non-hydrogen) atoms. The third kappa shape index (κ3) is 4.75. The van der Waals surface area contributed by atoms with Crippen LogP contribution in [0.15, 0.2) is 24.3 Å². The number of fused-ring (bicyclic) bond motifs is 1. The molecule has 0 aliphatic carbocycles. The van der Waals surface area contributed by atoms with Gasteiger partial charge in [-0.2, -0.15) is 0 Å². The predicted octanol–water partition coefficient (Wildman–Crippen LogP) is 1.86. The highest BCUT2D eigenvalue weighted by Crippen LogP contribution is 2.27. The second-order valence-electron chi connectivity index (χ2n) is 6.61. The summed E-state index contributed by atoms with van der Waals surface area (Å²) < 4.78 is 63.9. The van der Waals surface area contributed by atoms with Gasteiger partial charge in [0.1, 0.15) is 12.1 Å². The van der Waals surface area contributed by atoms with Gasteiger partial charge in [0.15, 0.2) is 5.78 Å². The number of aliphatic hydroxyl groups excluding tert-OH is 1. The van der Waals surface area contributed by atoms with E-state index >= 15 is 0 Å². The highest BCUT2D eigenvalue weighted by atomic mass is 16.3. The lowest BCUT2D eigenvalue weighted by Gasteiger charge is -2.26. The highest BCUT2D eigenvalue weighted by Gasteiger charge is 2.34. The number of nitrogens with zero attached hydrogens (tertiary/aromatic N) is 1. The lowest BCUT2D eigenvalue weighted by atomic mass is 9.94. The Bertz CT molecular complexity index is 1020. The van der Waals surface area contributed by atoms with Crippen molar-refractivity contribution < 1.29 is 30.5 Å². The van der Waals surface area contributed by atoms with Crippen LogP contribution in [0.5, 0.6) is 0 Å². The number of hydrogen-bond donors (Lipinski definition) is 2. The monoisotopic (exact) mass is 382 g/mol. The van der Waals surface area contributed by atoms with Gasteiger partial charge < -0.3 is 15.3 Å². The van der Waals surface area contributed by atoms with E-state index in [9.17, 15) is 19.5 Å². The van der Waals surface area contributed by atoms with Crippen LogP contribution in [0.3, 0.4) is 0 Å². The van der Waals surface area contributed by atoms with Crippen LogP contribution in [-0.2, 0) is 20.8 Å². The summed E-state index contributed by atoms with van der Waals surface area (Å²) in [5, 5.41) is 12.5. The molecule has 5 atom stereocenters. The standard InChI is InChI=1S/C21H30N2O4/c1-12(2)19(25)17(24)10-13(3)20(26)22-18-16-9-7-6-8-15(16)11-14(4)23(5)21(18)27/h6-9,12-14,18-19,25H,10-11H2,1-5H3,(H,22,26)/t13-,14?,18+,19+/m1/s1/i1D3,11D2,12D,13D,14D/t12?,13-,14?,18+,19+. The van der Waals surface area contributed by atoms with Gasteiger partial charge in [-0.25, -0.2) is 0 Å². The molecule has 2 N–H and O–H groups in total. The zero-order valence-electron chi connectivity index (χ0n) is 23.8. The van der Waals surface area contributed by atoms with Crippen molar-refractivity contribution in [2.45, 2.75) is 58.6 Å². The van der Waals surface area contributed by atoms with Gasteiger partial charge in [0.25, 0.3) is 0 Å². The molecule has 2 rings (SSSR count). The largest absolute Gasteiger partial charge is 0.385 e. The van der Waals surface area contributed by atoms with Gasteiger partial charge in [0.2, 0.25) is 11.8 Å². The summed E-state index contributed by atoms with van der Waals surface area (Å²) in [5.74, 6) is -7.97. The smallest absolute Gasteiger partial charge is 0.249 e. The first-order valence-corrected chi connectivity index (χ1v) is 8.49. The van der Waals surface area contributed by atoms with Crippen molar-refractivity contribution in [3.8, 4) is 0 Å². The molecule has 2 amide bonds. The highest BCUT2D eigenvalue weighted by molar-refractivity contribution is 5.93. The molecule has 0 fully saturated rings. The Kier molecular flexibility index (Phi) is 3.94. The molecule has 1 aliphatic rings. The van der Waals surface area contributed by atoms with Crippen LogP contribution in [-0.4, -0.2) is 46.8 Å². The molecule has 1 heterocycles. The molecule has 1 aromatic carbocycles. The van der Waals surface area contributed by atoms with Crippen LogP contribution < -0.4 is 5.32 Å². The van der Waals surface area contributed by atoms with Crippen LogP contribution in [0.1, 0.15) is 62.2 Å². The van der Waals surface area contributed by atoms with E-state index in [0.29, 0.717) is 0 Å². The molecule has 0 bridgehead atoms. The summed E-state index contributed by atoms with van der Waals surface area (Å²) in [5.41, 5.74) is 0.0864. The van der Waals surface area contributed by atoms with Crippen molar-refractivity contribution in [1.29, 1.82) is 0 Å². The maximum atomic E-state index is 13.2. The van der Waals surface area contributed by atoms with Crippen LogP contribution in [0.2, 0.25) is 0 Å². The average Bonchev–Trinajstić information content (AvgIpc) is 2.77. The summed E-state index contributed by atoms with van der Waals surface area (Å²) >= 11 is 0. The van der Waals surface area contributed by atoms with Gasteiger partial charge in [-0.1, -0.05) is 45.0 Å². The van der Waals surface area contributed by atoms with Crippen molar-refractivity contribution in [2.24, 2.45) is 11.8 Å². The van der Waals surface area contributed by atoms with Gasteiger partial charge in [0.05, 0.1) is 1.37 Å². The molecule has 6 heteroatoms. The lowest BCUT2D eigenvalue weighted by molar-refractivity contribution is -0.138. The van der Waals surface area contributed by atoms with Gasteiger partial charge in [-0.15, -0.1) is 0 Å². The Morgan fingerprint density at radius 2 is 2.15 bits per heavy atom. The topological polar surface area (TPSA) is 86.7 Å². The fourth-order valence-electron chi connectivity index (χ4n) is 2.71. The van der Waals surface area contributed by atoms with Crippen molar-refractivity contribution in [2.75, 3.05) is 7.05 Å². The van der Waals surface area contributed by atoms with Gasteiger partial charge in [0, 0.05) is 35.0 Å². The Balaban J connectivity index is 2.39. The normalized spacial score (nSPS) is 34.8. The van der Waals surface area contributed by atoms with E-state index in [0.717, 1.165) is 18.7 Å². The number of Topliss-reactive ketones (excluding diaryl/α,β-unsaturated/α-hetero) is 1. The van der Waals surface area contributed by atoms with Crippen LogP contribution in [0.25, 0.3) is 0 Å².